The maximum atomic E-state index is 15.5. The van der Waals surface area contributed by atoms with Gasteiger partial charge in [0.25, 0.3) is 0 Å². The van der Waals surface area contributed by atoms with Gasteiger partial charge in [0.2, 0.25) is 10.0 Å². The van der Waals surface area contributed by atoms with Crippen molar-refractivity contribution < 1.29 is 30.8 Å². The molecule has 11 heteroatoms. The van der Waals surface area contributed by atoms with Gasteiger partial charge in [0.05, 0.1) is 23.9 Å². The van der Waals surface area contributed by atoms with E-state index in [1.54, 1.807) is 4.90 Å². The zero-order valence-corrected chi connectivity index (χ0v) is 19.6. The van der Waals surface area contributed by atoms with E-state index >= 15 is 8.78 Å². The fraction of sp³-hybridized carbons (Fsp3) is 0.458. The van der Waals surface area contributed by atoms with E-state index in [9.17, 15) is 22.0 Å². The summed E-state index contributed by atoms with van der Waals surface area (Å²) in [6.07, 6.45) is -0.0404. The Morgan fingerprint density at radius 3 is 2.34 bits per heavy atom. The number of carbonyl (C=O) groups excluding carboxylic acids is 1. The van der Waals surface area contributed by atoms with Crippen molar-refractivity contribution in [2.24, 2.45) is 0 Å². The van der Waals surface area contributed by atoms with Crippen LogP contribution >= 0.6 is 0 Å². The Hall–Kier alpha value is -2.66. The van der Waals surface area contributed by atoms with E-state index in [1.165, 1.54) is 23.1 Å². The average Bonchev–Trinajstić information content (AvgIpc) is 3.56. The predicted molar refractivity (Wildman–Crippen MR) is 121 cm³/mol. The second-order valence-electron chi connectivity index (χ2n) is 9.39. The third-order valence-corrected chi connectivity index (χ3v) is 8.84. The highest BCUT2D eigenvalue weighted by atomic mass is 32.2. The van der Waals surface area contributed by atoms with Crippen LogP contribution in [0, 0.1) is 17.5 Å². The zero-order chi connectivity index (χ0) is 24.9. The standard InChI is InChI=1S/C24H25F4N3O3S/c25-16-9-15(10-17(26)12-16)19-4-1-3-14(22(19)28)11-21-23(29-35(33,34)18-5-6-18)20(27)13-31(21)24(32)30-7-2-8-30/h1,3-4,9-10,12,18,20-21,23,29H,2,5-8,11,13H2/t20-,21-,23-/m0/s1. The molecule has 3 aliphatic rings. The lowest BCUT2D eigenvalue weighted by Gasteiger charge is -2.37. The predicted octanol–water partition coefficient (Wildman–Crippen LogP) is 3.61. The summed E-state index contributed by atoms with van der Waals surface area (Å²) in [7, 11) is -3.78. The number of rotatable bonds is 6. The van der Waals surface area contributed by atoms with Crippen LogP contribution in [0.4, 0.5) is 22.4 Å². The van der Waals surface area contributed by atoms with Crippen LogP contribution in [0.3, 0.4) is 0 Å². The number of nitrogens with zero attached hydrogens (tertiary/aromatic N) is 2. The monoisotopic (exact) mass is 511 g/mol. The molecule has 6 nitrogen and oxygen atoms in total. The molecule has 35 heavy (non-hydrogen) atoms. The molecule has 3 fully saturated rings. The van der Waals surface area contributed by atoms with E-state index in [0.717, 1.165) is 18.6 Å². The number of likely N-dealkylation sites (tertiary alicyclic amines) is 2. The molecular formula is C24H25F4N3O3S. The number of benzene rings is 2. The van der Waals surface area contributed by atoms with Crippen molar-refractivity contribution in [3.05, 3.63) is 59.4 Å². The first-order valence-electron chi connectivity index (χ1n) is 11.6. The molecule has 1 aliphatic carbocycles. The van der Waals surface area contributed by atoms with Crippen LogP contribution in [-0.2, 0) is 16.4 Å². The number of carbonyl (C=O) groups is 1. The number of hydrogen-bond acceptors (Lipinski definition) is 3. The van der Waals surface area contributed by atoms with Crippen molar-refractivity contribution in [1.82, 2.24) is 14.5 Å². The third kappa shape index (κ3) is 4.75. The van der Waals surface area contributed by atoms with E-state index in [4.69, 9.17) is 0 Å². The molecule has 2 aromatic carbocycles. The van der Waals surface area contributed by atoms with E-state index in [1.807, 2.05) is 0 Å². The molecule has 2 amide bonds. The molecular weight excluding hydrogens is 486 g/mol. The summed E-state index contributed by atoms with van der Waals surface area (Å²) in [5.74, 6) is -2.48. The van der Waals surface area contributed by atoms with Crippen LogP contribution in [0.25, 0.3) is 11.1 Å². The Balaban J connectivity index is 1.48. The Kier molecular flexibility index (Phi) is 6.25. The van der Waals surface area contributed by atoms with Gasteiger partial charge in [-0.2, -0.15) is 0 Å². The van der Waals surface area contributed by atoms with Crippen molar-refractivity contribution in [3.63, 3.8) is 0 Å². The number of urea groups is 1. The Morgan fingerprint density at radius 2 is 1.74 bits per heavy atom. The summed E-state index contributed by atoms with van der Waals surface area (Å²) in [5, 5.41) is -0.585. The SMILES string of the molecule is O=C(N1CCC1)N1C[C@H](F)[C@H](NS(=O)(=O)C2CC2)[C@@H]1Cc1cccc(-c2cc(F)cc(F)c2)c1F. The maximum Gasteiger partial charge on any atom is 0.320 e. The molecule has 0 spiro atoms. The van der Waals surface area contributed by atoms with Crippen molar-refractivity contribution in [2.75, 3.05) is 19.6 Å². The molecule has 0 radical (unpaired) electrons. The first kappa shape index (κ1) is 24.1. The van der Waals surface area contributed by atoms with Gasteiger partial charge < -0.3 is 9.80 Å². The molecule has 2 aromatic rings. The molecule has 2 saturated heterocycles. The van der Waals surface area contributed by atoms with E-state index < -0.39 is 57.0 Å². The van der Waals surface area contributed by atoms with E-state index in [2.05, 4.69) is 4.72 Å². The lowest BCUT2D eigenvalue weighted by Crippen LogP contribution is -2.55. The highest BCUT2D eigenvalue weighted by molar-refractivity contribution is 7.90. The summed E-state index contributed by atoms with van der Waals surface area (Å²) < 4.78 is 85.8. The van der Waals surface area contributed by atoms with Gasteiger partial charge in [0, 0.05) is 24.7 Å². The highest BCUT2D eigenvalue weighted by Gasteiger charge is 2.49. The fourth-order valence-corrected chi connectivity index (χ4v) is 6.36. The van der Waals surface area contributed by atoms with E-state index in [-0.39, 0.29) is 29.7 Å². The zero-order valence-electron chi connectivity index (χ0n) is 18.8. The molecule has 2 aliphatic heterocycles. The average molecular weight is 512 g/mol. The Bertz CT molecular complexity index is 1230. The molecule has 0 unspecified atom stereocenters. The molecule has 5 rings (SSSR count). The van der Waals surface area contributed by atoms with Crippen molar-refractivity contribution in [3.8, 4) is 11.1 Å². The smallest absolute Gasteiger partial charge is 0.320 e. The van der Waals surface area contributed by atoms with Crippen molar-refractivity contribution in [2.45, 2.75) is 49.2 Å². The van der Waals surface area contributed by atoms with Gasteiger partial charge in [-0.3, -0.25) is 0 Å². The fourth-order valence-electron chi connectivity index (χ4n) is 4.73. The van der Waals surface area contributed by atoms with Gasteiger partial charge in [0.1, 0.15) is 23.6 Å². The Labute approximate surface area is 201 Å². The third-order valence-electron chi connectivity index (χ3n) is 6.89. The van der Waals surface area contributed by atoms with Gasteiger partial charge in [-0.05, 0) is 48.9 Å². The van der Waals surface area contributed by atoms with Gasteiger partial charge in [0.15, 0.2) is 0 Å². The van der Waals surface area contributed by atoms with Crippen molar-refractivity contribution in [1.29, 1.82) is 0 Å². The minimum atomic E-state index is -3.78. The molecule has 0 aromatic heterocycles. The number of hydrogen-bond donors (Lipinski definition) is 1. The largest absolute Gasteiger partial charge is 0.325 e. The lowest BCUT2D eigenvalue weighted by atomic mass is 9.95. The number of sulfonamides is 1. The van der Waals surface area contributed by atoms with Crippen LogP contribution in [0.1, 0.15) is 24.8 Å². The van der Waals surface area contributed by atoms with Crippen LogP contribution in [-0.4, -0.2) is 67.4 Å². The summed E-state index contributed by atoms with van der Waals surface area (Å²) in [6.45, 7) is 0.729. The number of alkyl halides is 1. The van der Waals surface area contributed by atoms with E-state index in [0.29, 0.717) is 32.0 Å². The Morgan fingerprint density at radius 1 is 1.06 bits per heavy atom. The van der Waals surface area contributed by atoms with Gasteiger partial charge in [-0.25, -0.2) is 35.5 Å². The molecule has 188 valence electrons. The summed E-state index contributed by atoms with van der Waals surface area (Å²) in [6, 6.07) is 4.39. The number of nitrogens with one attached hydrogen (secondary N) is 1. The highest BCUT2D eigenvalue weighted by Crippen LogP contribution is 2.33. The number of amides is 2. The van der Waals surface area contributed by atoms with Crippen LogP contribution in [0.2, 0.25) is 0 Å². The van der Waals surface area contributed by atoms with Gasteiger partial charge in [-0.1, -0.05) is 18.2 Å². The van der Waals surface area contributed by atoms with Crippen LogP contribution in [0.15, 0.2) is 36.4 Å². The summed E-state index contributed by atoms with van der Waals surface area (Å²) >= 11 is 0. The topological polar surface area (TPSA) is 69.7 Å². The minimum Gasteiger partial charge on any atom is -0.325 e. The quantitative estimate of drug-likeness (QED) is 0.603. The maximum absolute atomic E-state index is 15.5. The molecule has 1 saturated carbocycles. The molecule has 0 bridgehead atoms. The lowest BCUT2D eigenvalue weighted by molar-refractivity contribution is 0.119. The van der Waals surface area contributed by atoms with Gasteiger partial charge in [-0.15, -0.1) is 0 Å². The van der Waals surface area contributed by atoms with Crippen molar-refractivity contribution >= 4 is 16.1 Å². The van der Waals surface area contributed by atoms with Crippen LogP contribution < -0.4 is 4.72 Å². The first-order valence-corrected chi connectivity index (χ1v) is 13.1. The molecule has 3 atom stereocenters. The molecule has 1 N–H and O–H groups in total. The summed E-state index contributed by atoms with van der Waals surface area (Å²) in [4.78, 5) is 15.8. The second kappa shape index (κ2) is 9.09. The second-order valence-corrected chi connectivity index (χ2v) is 11.4. The normalized spacial score (nSPS) is 24.5. The first-order chi connectivity index (χ1) is 16.6. The van der Waals surface area contributed by atoms with Gasteiger partial charge >= 0.3 is 6.03 Å². The molecule has 2 heterocycles. The minimum absolute atomic E-state index is 0.00358. The number of halogens is 4. The summed E-state index contributed by atoms with van der Waals surface area (Å²) in [5.41, 5.74) is 0.0332. The van der Waals surface area contributed by atoms with Crippen LogP contribution in [0.5, 0.6) is 0 Å².